The van der Waals surface area contributed by atoms with E-state index in [4.69, 9.17) is 11.6 Å². The summed E-state index contributed by atoms with van der Waals surface area (Å²) in [6.45, 7) is 1.39. The van der Waals surface area contributed by atoms with Crippen LogP contribution in [0.3, 0.4) is 0 Å². The van der Waals surface area contributed by atoms with Gasteiger partial charge < -0.3 is 14.2 Å². The number of anilines is 1. The Labute approximate surface area is 161 Å². The Morgan fingerprint density at radius 1 is 1.25 bits per heavy atom. The third-order valence-corrected chi connectivity index (χ3v) is 5.31. The molecule has 2 heterocycles. The van der Waals surface area contributed by atoms with Crippen molar-refractivity contribution in [2.75, 3.05) is 11.8 Å². The van der Waals surface area contributed by atoms with E-state index in [2.05, 4.69) is 24.7 Å². The zero-order chi connectivity index (χ0) is 20.5. The van der Waals surface area contributed by atoms with Crippen molar-refractivity contribution < 1.29 is 26.6 Å². The van der Waals surface area contributed by atoms with E-state index in [1.54, 1.807) is 0 Å². The highest BCUT2D eigenvalue weighted by Crippen LogP contribution is 2.45. The first-order valence-corrected chi connectivity index (χ1v) is 10.4. The lowest BCUT2D eigenvalue weighted by atomic mass is 10.2. The monoisotopic (exact) mass is 434 g/mol. The number of hydrogen-bond donors (Lipinski definition) is 1. The number of halogens is 5. The molecule has 0 fully saturated rings. The molecule has 0 saturated heterocycles. The molecule has 1 N–H and O–H groups in total. The van der Waals surface area contributed by atoms with E-state index in [1.165, 1.54) is 25.0 Å². The Hall–Kier alpha value is -2.45. The summed E-state index contributed by atoms with van der Waals surface area (Å²) in [6.07, 6.45) is 1.25. The van der Waals surface area contributed by atoms with E-state index in [0.29, 0.717) is 11.8 Å². The lowest BCUT2D eigenvalue weighted by Crippen LogP contribution is -2.03. The summed E-state index contributed by atoms with van der Waals surface area (Å²) in [7, 11) is -3.12. The van der Waals surface area contributed by atoms with Gasteiger partial charge in [0.1, 0.15) is 11.6 Å². The van der Waals surface area contributed by atoms with Crippen LogP contribution in [0.5, 0.6) is 0 Å². The van der Waals surface area contributed by atoms with Gasteiger partial charge in [-0.15, -0.1) is 0 Å². The quantitative estimate of drug-likeness (QED) is 0.325. The third kappa shape index (κ3) is 4.88. The molecule has 3 rings (SSSR count). The fourth-order valence-corrected chi connectivity index (χ4v) is 3.94. The molecule has 6 nitrogen and oxygen atoms in total. The van der Waals surface area contributed by atoms with Crippen LogP contribution in [0.1, 0.15) is 11.6 Å². The van der Waals surface area contributed by atoms with Gasteiger partial charge in [-0.2, -0.15) is 13.8 Å². The highest BCUT2D eigenvalue weighted by atomic mass is 35.5. The van der Waals surface area contributed by atoms with Crippen LogP contribution in [-0.4, -0.2) is 21.8 Å². The van der Waals surface area contributed by atoms with E-state index in [-0.39, 0.29) is 23.2 Å². The van der Waals surface area contributed by atoms with Crippen molar-refractivity contribution in [2.24, 2.45) is 0 Å². The number of nitrogens with zero attached hydrogens (tertiary/aromatic N) is 3. The fourth-order valence-electron chi connectivity index (χ4n) is 2.29. The molecule has 3 aromatic rings. The first-order chi connectivity index (χ1) is 13.0. The summed E-state index contributed by atoms with van der Waals surface area (Å²) in [5.74, 6) is -2.80. The largest absolute Gasteiger partial charge is 0.400 e. The zero-order valence-electron chi connectivity index (χ0n) is 14.2. The minimum absolute atomic E-state index is 0.0403. The van der Waals surface area contributed by atoms with Gasteiger partial charge >= 0.3 is 11.3 Å². The smallest absolute Gasteiger partial charge is 0.334 e. The van der Waals surface area contributed by atoms with Gasteiger partial charge in [-0.1, -0.05) is 5.16 Å². The van der Waals surface area contributed by atoms with Crippen LogP contribution in [-0.2, 0) is 16.1 Å². The predicted molar refractivity (Wildman–Crippen MR) is 94.5 cm³/mol. The molecule has 0 spiro atoms. The maximum Gasteiger partial charge on any atom is 0.400 e. The molecule has 0 aliphatic heterocycles. The molecular formula is C16H12ClF4N4O2P. The van der Waals surface area contributed by atoms with Crippen LogP contribution in [0, 0.1) is 11.6 Å². The standard InChI is InChI=1S/C16H12ClF4N4O2P/c1-28(26,25-13-5-3-10(18)6-12(13)19)8-11-4-2-9(7-22-11)14-23-15(27-24-14)16(17,20)21/h2-7H,8H2,1H3,(H,25,26). The molecule has 0 aliphatic rings. The Balaban J connectivity index is 1.72. The second-order valence-electron chi connectivity index (χ2n) is 5.95. The van der Waals surface area contributed by atoms with E-state index in [1.807, 2.05) is 0 Å². The summed E-state index contributed by atoms with van der Waals surface area (Å²) >= 11 is 4.81. The van der Waals surface area contributed by atoms with Gasteiger partial charge in [0.25, 0.3) is 0 Å². The lowest BCUT2D eigenvalue weighted by Gasteiger charge is -2.16. The fraction of sp³-hybridized carbons (Fsp3) is 0.188. The highest BCUT2D eigenvalue weighted by molar-refractivity contribution is 7.63. The Morgan fingerprint density at radius 2 is 2.00 bits per heavy atom. The zero-order valence-corrected chi connectivity index (χ0v) is 15.8. The van der Waals surface area contributed by atoms with Crippen molar-refractivity contribution in [2.45, 2.75) is 11.5 Å². The van der Waals surface area contributed by atoms with Gasteiger partial charge in [0, 0.05) is 30.2 Å². The minimum atomic E-state index is -3.78. The number of hydrogen-bond acceptors (Lipinski definition) is 5. The van der Waals surface area contributed by atoms with E-state index in [9.17, 15) is 22.1 Å². The van der Waals surface area contributed by atoms with Crippen molar-refractivity contribution >= 4 is 24.6 Å². The number of alkyl halides is 3. The Bertz CT molecular complexity index is 1040. The maximum atomic E-state index is 13.7. The number of benzene rings is 1. The van der Waals surface area contributed by atoms with E-state index >= 15 is 0 Å². The summed E-state index contributed by atoms with van der Waals surface area (Å²) in [5.41, 5.74) is 0.573. The van der Waals surface area contributed by atoms with Gasteiger partial charge in [-0.25, -0.2) is 8.78 Å². The van der Waals surface area contributed by atoms with Crippen LogP contribution in [0.15, 0.2) is 41.1 Å². The molecule has 0 radical (unpaired) electrons. The molecule has 2 aromatic heterocycles. The molecule has 0 saturated carbocycles. The SMILES string of the molecule is CP(=O)(Cc1ccc(-c2noc(C(F)(F)Cl)n2)cn1)Nc1ccc(F)cc1F. The highest BCUT2D eigenvalue weighted by Gasteiger charge is 2.35. The molecule has 0 amide bonds. The molecule has 1 unspecified atom stereocenters. The second-order valence-corrected chi connectivity index (χ2v) is 9.17. The van der Waals surface area contributed by atoms with Crippen molar-refractivity contribution in [3.8, 4) is 11.4 Å². The predicted octanol–water partition coefficient (Wildman–Crippen LogP) is 5.22. The van der Waals surface area contributed by atoms with Crippen LogP contribution in [0.25, 0.3) is 11.4 Å². The molecule has 1 aromatic carbocycles. The first kappa shape index (κ1) is 20.3. The second kappa shape index (κ2) is 7.52. The third-order valence-electron chi connectivity index (χ3n) is 3.50. The average molecular weight is 435 g/mol. The lowest BCUT2D eigenvalue weighted by molar-refractivity contribution is 0.0551. The summed E-state index contributed by atoms with van der Waals surface area (Å²) < 4.78 is 69.6. The van der Waals surface area contributed by atoms with Crippen LogP contribution >= 0.6 is 18.9 Å². The van der Waals surface area contributed by atoms with Gasteiger partial charge in [0.2, 0.25) is 5.82 Å². The molecule has 0 bridgehead atoms. The van der Waals surface area contributed by atoms with Crippen LogP contribution < -0.4 is 5.09 Å². The minimum Gasteiger partial charge on any atom is -0.334 e. The van der Waals surface area contributed by atoms with E-state index in [0.717, 1.165) is 12.1 Å². The number of rotatable bonds is 6. The summed E-state index contributed by atoms with van der Waals surface area (Å²) in [6, 6.07) is 5.84. The Morgan fingerprint density at radius 3 is 2.57 bits per heavy atom. The number of pyridine rings is 1. The average Bonchev–Trinajstić information content (AvgIpc) is 3.08. The molecule has 12 heteroatoms. The van der Waals surface area contributed by atoms with Gasteiger partial charge in [0.05, 0.1) is 11.8 Å². The van der Waals surface area contributed by atoms with Crippen molar-refractivity contribution in [3.63, 3.8) is 0 Å². The van der Waals surface area contributed by atoms with Crippen LogP contribution in [0.2, 0.25) is 0 Å². The van der Waals surface area contributed by atoms with E-state index < -0.39 is 30.2 Å². The molecule has 0 aliphatic carbocycles. The topological polar surface area (TPSA) is 80.9 Å². The Kier molecular flexibility index (Phi) is 5.45. The van der Waals surface area contributed by atoms with Crippen LogP contribution in [0.4, 0.5) is 23.2 Å². The molecule has 1 atom stereocenters. The number of aromatic nitrogens is 3. The normalized spacial score (nSPS) is 13.9. The molecular weight excluding hydrogens is 423 g/mol. The number of nitrogens with one attached hydrogen (secondary N) is 1. The van der Waals surface area contributed by atoms with Gasteiger partial charge in [-0.05, 0) is 35.9 Å². The van der Waals surface area contributed by atoms with Crippen molar-refractivity contribution in [1.82, 2.24) is 15.1 Å². The van der Waals surface area contributed by atoms with Crippen molar-refractivity contribution in [1.29, 1.82) is 0 Å². The maximum absolute atomic E-state index is 13.7. The molecule has 28 heavy (non-hydrogen) atoms. The summed E-state index contributed by atoms with van der Waals surface area (Å²) in [5, 5.41) is 2.18. The van der Waals surface area contributed by atoms with Crippen molar-refractivity contribution in [3.05, 3.63) is 59.7 Å². The van der Waals surface area contributed by atoms with Gasteiger partial charge in [0.15, 0.2) is 7.29 Å². The molecule has 148 valence electrons. The first-order valence-electron chi connectivity index (χ1n) is 7.69. The summed E-state index contributed by atoms with van der Waals surface area (Å²) in [4.78, 5) is 7.57. The van der Waals surface area contributed by atoms with Gasteiger partial charge in [-0.3, -0.25) is 4.98 Å².